The van der Waals surface area contributed by atoms with Gasteiger partial charge in [0.15, 0.2) is 0 Å². The monoisotopic (exact) mass is 285 g/mol. The summed E-state index contributed by atoms with van der Waals surface area (Å²) in [6.45, 7) is 14.1. The first kappa shape index (κ1) is 16.3. The fraction of sp³-hybridized carbons (Fsp3) is 0.600. The van der Waals surface area contributed by atoms with Crippen molar-refractivity contribution in [1.82, 2.24) is 4.90 Å². The smallest absolute Gasteiger partial charge is 0.0236 e. The Kier molecular flexibility index (Phi) is 5.27. The molecular weight excluding hydrogens is 254 g/mol. The van der Waals surface area contributed by atoms with Gasteiger partial charge in [0, 0.05) is 12.6 Å². The highest BCUT2D eigenvalue weighted by atomic mass is 15.2. The van der Waals surface area contributed by atoms with Crippen LogP contribution in [0.3, 0.4) is 0 Å². The molecule has 1 aromatic carbocycles. The average molecular weight is 285 g/mol. The molecule has 1 aliphatic rings. The highest BCUT2D eigenvalue weighted by Crippen LogP contribution is 2.43. The van der Waals surface area contributed by atoms with Crippen LogP contribution in [0.2, 0.25) is 0 Å². The highest BCUT2D eigenvalue weighted by Gasteiger charge is 2.42. The second kappa shape index (κ2) is 6.79. The molecule has 116 valence electrons. The summed E-state index contributed by atoms with van der Waals surface area (Å²) >= 11 is 0. The summed E-state index contributed by atoms with van der Waals surface area (Å²) in [6, 6.07) is 11.5. The van der Waals surface area contributed by atoms with Gasteiger partial charge in [-0.05, 0) is 57.1 Å². The van der Waals surface area contributed by atoms with Crippen LogP contribution >= 0.6 is 0 Å². The molecule has 21 heavy (non-hydrogen) atoms. The summed E-state index contributed by atoms with van der Waals surface area (Å²) < 4.78 is 0. The van der Waals surface area contributed by atoms with Gasteiger partial charge in [-0.1, -0.05) is 55.8 Å². The number of nitrogens with zero attached hydrogens (tertiary/aromatic N) is 1. The standard InChI is InChI=1S/C20H31N/c1-16(2)11-13-20(5)17(3)12-14-21(18(20)4)15-19-9-7-6-8-10-19/h6-11,17-18H,12-15H2,1-5H3. The van der Waals surface area contributed by atoms with Crippen molar-refractivity contribution in [2.24, 2.45) is 11.3 Å². The zero-order valence-corrected chi connectivity index (χ0v) is 14.4. The quantitative estimate of drug-likeness (QED) is 0.680. The van der Waals surface area contributed by atoms with E-state index >= 15 is 0 Å². The molecule has 1 heteroatoms. The van der Waals surface area contributed by atoms with Crippen LogP contribution in [0.25, 0.3) is 0 Å². The fourth-order valence-electron chi connectivity index (χ4n) is 3.54. The van der Waals surface area contributed by atoms with E-state index in [1.165, 1.54) is 30.5 Å². The van der Waals surface area contributed by atoms with Crippen LogP contribution in [0.15, 0.2) is 42.0 Å². The molecule has 1 saturated heterocycles. The summed E-state index contributed by atoms with van der Waals surface area (Å²) in [5, 5.41) is 0. The lowest BCUT2D eigenvalue weighted by Crippen LogP contribution is -2.52. The third-order valence-corrected chi connectivity index (χ3v) is 5.66. The Hall–Kier alpha value is -1.08. The van der Waals surface area contributed by atoms with Crippen LogP contribution < -0.4 is 0 Å². The van der Waals surface area contributed by atoms with Crippen molar-refractivity contribution in [3.8, 4) is 0 Å². The molecule has 0 spiro atoms. The largest absolute Gasteiger partial charge is 0.296 e. The topological polar surface area (TPSA) is 3.24 Å². The molecule has 1 nitrogen and oxygen atoms in total. The minimum absolute atomic E-state index is 0.379. The number of benzene rings is 1. The first-order valence-electron chi connectivity index (χ1n) is 8.35. The molecule has 0 aliphatic carbocycles. The minimum atomic E-state index is 0.379. The van der Waals surface area contributed by atoms with Crippen LogP contribution in [-0.2, 0) is 6.54 Å². The van der Waals surface area contributed by atoms with Crippen LogP contribution in [0.5, 0.6) is 0 Å². The van der Waals surface area contributed by atoms with E-state index in [-0.39, 0.29) is 0 Å². The van der Waals surface area contributed by atoms with Crippen molar-refractivity contribution in [2.45, 2.75) is 60.0 Å². The lowest BCUT2D eigenvalue weighted by atomic mass is 9.66. The average Bonchev–Trinajstić information content (AvgIpc) is 2.47. The zero-order chi connectivity index (χ0) is 15.5. The summed E-state index contributed by atoms with van der Waals surface area (Å²) in [4.78, 5) is 2.67. The van der Waals surface area contributed by atoms with Crippen molar-refractivity contribution in [2.75, 3.05) is 6.54 Å². The second-order valence-corrected chi connectivity index (χ2v) is 7.31. The van der Waals surface area contributed by atoms with E-state index < -0.39 is 0 Å². The summed E-state index contributed by atoms with van der Waals surface area (Å²) in [6.07, 6.45) is 4.94. The van der Waals surface area contributed by atoms with Crippen LogP contribution in [0.1, 0.15) is 53.0 Å². The van der Waals surface area contributed by atoms with Gasteiger partial charge < -0.3 is 0 Å². The number of allylic oxidation sites excluding steroid dienone is 2. The van der Waals surface area contributed by atoms with Gasteiger partial charge >= 0.3 is 0 Å². The van der Waals surface area contributed by atoms with E-state index in [9.17, 15) is 0 Å². The molecule has 2 rings (SSSR count). The predicted octanol–water partition coefficient (Wildman–Crippen LogP) is 5.28. The van der Waals surface area contributed by atoms with E-state index in [1.54, 1.807) is 0 Å². The Morgan fingerprint density at radius 3 is 2.52 bits per heavy atom. The van der Waals surface area contributed by atoms with Gasteiger partial charge in [0.1, 0.15) is 0 Å². The third-order valence-electron chi connectivity index (χ3n) is 5.66. The molecule has 0 bridgehead atoms. The van der Waals surface area contributed by atoms with E-state index in [4.69, 9.17) is 0 Å². The van der Waals surface area contributed by atoms with Gasteiger partial charge in [0.25, 0.3) is 0 Å². The van der Waals surface area contributed by atoms with Gasteiger partial charge in [-0.2, -0.15) is 0 Å². The van der Waals surface area contributed by atoms with Crippen molar-refractivity contribution >= 4 is 0 Å². The van der Waals surface area contributed by atoms with Crippen molar-refractivity contribution < 1.29 is 0 Å². The Labute approximate surface area is 131 Å². The maximum absolute atomic E-state index is 2.67. The van der Waals surface area contributed by atoms with Crippen LogP contribution in [0, 0.1) is 11.3 Å². The van der Waals surface area contributed by atoms with Gasteiger partial charge in [0.05, 0.1) is 0 Å². The molecule has 0 N–H and O–H groups in total. The number of rotatable bonds is 4. The molecule has 3 atom stereocenters. The second-order valence-electron chi connectivity index (χ2n) is 7.31. The lowest BCUT2D eigenvalue weighted by Gasteiger charge is -2.51. The molecule has 0 saturated carbocycles. The van der Waals surface area contributed by atoms with Gasteiger partial charge in [0.2, 0.25) is 0 Å². The molecule has 0 amide bonds. The first-order chi connectivity index (χ1) is 9.93. The molecule has 1 aromatic rings. The number of piperidine rings is 1. The van der Waals surface area contributed by atoms with E-state index in [0.29, 0.717) is 11.5 Å². The number of likely N-dealkylation sites (tertiary alicyclic amines) is 1. The maximum atomic E-state index is 2.67. The summed E-state index contributed by atoms with van der Waals surface area (Å²) in [5.74, 6) is 0.787. The first-order valence-corrected chi connectivity index (χ1v) is 8.35. The normalized spacial score (nSPS) is 30.1. The molecule has 1 heterocycles. The summed E-state index contributed by atoms with van der Waals surface area (Å²) in [7, 11) is 0. The minimum Gasteiger partial charge on any atom is -0.296 e. The molecule has 3 unspecified atom stereocenters. The predicted molar refractivity (Wildman–Crippen MR) is 92.3 cm³/mol. The molecule has 0 radical (unpaired) electrons. The van der Waals surface area contributed by atoms with Gasteiger partial charge in [-0.3, -0.25) is 4.90 Å². The molecule has 1 fully saturated rings. The lowest BCUT2D eigenvalue weighted by molar-refractivity contribution is -0.0110. The fourth-order valence-corrected chi connectivity index (χ4v) is 3.54. The third kappa shape index (κ3) is 3.77. The number of hydrogen-bond donors (Lipinski definition) is 0. The molecule has 1 aliphatic heterocycles. The number of hydrogen-bond acceptors (Lipinski definition) is 1. The SMILES string of the molecule is CC(C)=CCC1(C)C(C)CCN(Cc2ccccc2)C1C. The Bertz CT molecular complexity index is 472. The van der Waals surface area contributed by atoms with Gasteiger partial charge in [-0.15, -0.1) is 0 Å². The Morgan fingerprint density at radius 2 is 1.90 bits per heavy atom. The maximum Gasteiger partial charge on any atom is 0.0236 e. The van der Waals surface area contributed by atoms with Crippen LogP contribution in [0.4, 0.5) is 0 Å². The highest BCUT2D eigenvalue weighted by molar-refractivity contribution is 5.15. The van der Waals surface area contributed by atoms with Crippen molar-refractivity contribution in [3.63, 3.8) is 0 Å². The zero-order valence-electron chi connectivity index (χ0n) is 14.4. The van der Waals surface area contributed by atoms with Crippen LogP contribution in [-0.4, -0.2) is 17.5 Å². The molecular formula is C20H31N. The van der Waals surface area contributed by atoms with Crippen molar-refractivity contribution in [3.05, 3.63) is 47.5 Å². The Balaban J connectivity index is 2.13. The Morgan fingerprint density at radius 1 is 1.24 bits per heavy atom. The molecule has 0 aromatic heterocycles. The summed E-state index contributed by atoms with van der Waals surface area (Å²) in [5.41, 5.74) is 3.25. The van der Waals surface area contributed by atoms with E-state index in [2.05, 4.69) is 75.9 Å². The van der Waals surface area contributed by atoms with E-state index in [0.717, 1.165) is 12.5 Å². The van der Waals surface area contributed by atoms with Crippen molar-refractivity contribution in [1.29, 1.82) is 0 Å². The van der Waals surface area contributed by atoms with E-state index in [1.807, 2.05) is 0 Å². The van der Waals surface area contributed by atoms with Gasteiger partial charge in [-0.25, -0.2) is 0 Å².